The van der Waals surface area contributed by atoms with Crippen LogP contribution in [0.3, 0.4) is 0 Å². The maximum absolute atomic E-state index is 14.1. The van der Waals surface area contributed by atoms with Crippen LogP contribution in [0.25, 0.3) is 0 Å². The molecule has 0 saturated heterocycles. The van der Waals surface area contributed by atoms with Crippen molar-refractivity contribution in [2.75, 3.05) is 15.5 Å². The van der Waals surface area contributed by atoms with E-state index in [1.54, 1.807) is 37.4 Å². The summed E-state index contributed by atoms with van der Waals surface area (Å²) in [4.78, 5) is 41.0. The molecule has 1 aliphatic heterocycles. The quantitative estimate of drug-likeness (QED) is 0.281. The Kier molecular flexibility index (Phi) is 6.47. The van der Waals surface area contributed by atoms with Crippen molar-refractivity contribution in [3.05, 3.63) is 90.7 Å². The lowest BCUT2D eigenvalue weighted by molar-refractivity contribution is -0.111. The second kappa shape index (κ2) is 10.0. The molecule has 4 aromatic rings. The van der Waals surface area contributed by atoms with Gasteiger partial charge in [0.2, 0.25) is 17.8 Å². The van der Waals surface area contributed by atoms with E-state index in [4.69, 9.17) is 0 Å². The number of pyridine rings is 1. The molecule has 1 aromatic carbocycles. The van der Waals surface area contributed by atoms with Crippen molar-refractivity contribution in [3.63, 3.8) is 0 Å². The fraction of sp³-hybridized carbons (Fsp3) is 0.120. The highest BCUT2D eigenvalue weighted by Gasteiger charge is 2.34. The van der Waals surface area contributed by atoms with Gasteiger partial charge in [0.05, 0.1) is 18.4 Å². The summed E-state index contributed by atoms with van der Waals surface area (Å²) < 4.78 is 28.7. The van der Waals surface area contributed by atoms with Gasteiger partial charge < -0.3 is 15.5 Å². The van der Waals surface area contributed by atoms with Gasteiger partial charge in [-0.3, -0.25) is 9.48 Å². The number of carbonyl (C=O) groups excluding carboxylic acids is 2. The molecule has 11 nitrogen and oxygen atoms in total. The molecule has 0 aliphatic carbocycles. The van der Waals surface area contributed by atoms with Crippen molar-refractivity contribution in [2.24, 2.45) is 7.05 Å². The Labute approximate surface area is 215 Å². The van der Waals surface area contributed by atoms with Gasteiger partial charge in [0.1, 0.15) is 5.69 Å². The van der Waals surface area contributed by atoms with Crippen molar-refractivity contribution >= 4 is 40.8 Å². The number of aryl methyl sites for hydroxylation is 1. The van der Waals surface area contributed by atoms with Gasteiger partial charge in [0, 0.05) is 37.2 Å². The number of anilines is 5. The van der Waals surface area contributed by atoms with Gasteiger partial charge in [0.15, 0.2) is 5.82 Å². The van der Waals surface area contributed by atoms with E-state index >= 15 is 0 Å². The summed E-state index contributed by atoms with van der Waals surface area (Å²) in [5, 5.41) is 9.11. The first kappa shape index (κ1) is 24.5. The first-order valence-electron chi connectivity index (χ1n) is 11.4. The molecule has 3 amide bonds. The summed E-state index contributed by atoms with van der Waals surface area (Å²) in [7, 11) is 1.58. The van der Waals surface area contributed by atoms with Crippen molar-refractivity contribution < 1.29 is 18.4 Å². The zero-order valence-corrected chi connectivity index (χ0v) is 20.1. The number of hydrogen-bond acceptors (Lipinski definition) is 7. The summed E-state index contributed by atoms with van der Waals surface area (Å²) in [5.74, 6) is -1.43. The minimum Gasteiger partial charge on any atom is -0.322 e. The van der Waals surface area contributed by atoms with Crippen molar-refractivity contribution in [2.45, 2.75) is 13.1 Å². The number of fused-ring (bicyclic) bond motifs is 1. The Morgan fingerprint density at radius 3 is 2.74 bits per heavy atom. The van der Waals surface area contributed by atoms with Crippen LogP contribution in [0.4, 0.5) is 42.4 Å². The molecule has 4 heterocycles. The number of aromatic nitrogens is 5. The van der Waals surface area contributed by atoms with E-state index in [0.29, 0.717) is 22.5 Å². The summed E-state index contributed by atoms with van der Waals surface area (Å²) in [6.07, 6.45) is 5.47. The molecule has 0 radical (unpaired) electrons. The van der Waals surface area contributed by atoms with Crippen LogP contribution in [-0.2, 0) is 24.9 Å². The van der Waals surface area contributed by atoms with E-state index in [1.807, 2.05) is 0 Å². The number of carbonyl (C=O) groups is 2. The Morgan fingerprint density at radius 2 is 2.03 bits per heavy atom. The molecule has 5 rings (SSSR count). The fourth-order valence-electron chi connectivity index (χ4n) is 3.93. The van der Waals surface area contributed by atoms with Crippen molar-refractivity contribution in [1.82, 2.24) is 29.6 Å². The predicted molar refractivity (Wildman–Crippen MR) is 135 cm³/mol. The lowest BCUT2D eigenvalue weighted by atomic mass is 10.1. The Morgan fingerprint density at radius 1 is 1.18 bits per heavy atom. The average Bonchev–Trinajstić information content (AvgIpc) is 3.22. The average molecular weight is 518 g/mol. The van der Waals surface area contributed by atoms with Crippen molar-refractivity contribution in [1.29, 1.82) is 0 Å². The highest BCUT2D eigenvalue weighted by molar-refractivity contribution is 6.03. The molecule has 0 fully saturated rings. The third-order valence-electron chi connectivity index (χ3n) is 5.63. The van der Waals surface area contributed by atoms with Crippen LogP contribution in [-0.4, -0.2) is 41.6 Å². The summed E-state index contributed by atoms with van der Waals surface area (Å²) in [6, 6.07) is 8.99. The van der Waals surface area contributed by atoms with Gasteiger partial charge in [-0.15, -0.1) is 5.10 Å². The van der Waals surface area contributed by atoms with E-state index in [2.05, 4.69) is 37.3 Å². The second-order valence-corrected chi connectivity index (χ2v) is 8.38. The predicted octanol–water partition coefficient (Wildman–Crippen LogP) is 4.03. The first-order chi connectivity index (χ1) is 18.3. The van der Waals surface area contributed by atoms with E-state index < -0.39 is 23.8 Å². The summed E-state index contributed by atoms with van der Waals surface area (Å²) in [6.45, 7) is 3.76. The fourth-order valence-corrected chi connectivity index (χ4v) is 3.93. The third-order valence-corrected chi connectivity index (χ3v) is 5.63. The number of nitrogens with zero attached hydrogens (tertiary/aromatic N) is 7. The summed E-state index contributed by atoms with van der Waals surface area (Å²) >= 11 is 0. The Hall–Kier alpha value is -5.20. The van der Waals surface area contributed by atoms with Crippen LogP contribution in [0, 0.1) is 11.9 Å². The number of hydrogen-bond donors (Lipinski definition) is 2. The van der Waals surface area contributed by atoms with Gasteiger partial charge in [0.25, 0.3) is 5.95 Å². The maximum atomic E-state index is 14.1. The van der Waals surface area contributed by atoms with Gasteiger partial charge in [-0.1, -0.05) is 18.7 Å². The molecule has 1 aliphatic rings. The van der Waals surface area contributed by atoms with E-state index in [9.17, 15) is 18.4 Å². The van der Waals surface area contributed by atoms with Crippen LogP contribution >= 0.6 is 0 Å². The minimum atomic E-state index is -0.730. The third kappa shape index (κ3) is 5.02. The van der Waals surface area contributed by atoms with Crippen LogP contribution in [0.15, 0.2) is 67.6 Å². The molecule has 0 unspecified atom stereocenters. The molecule has 13 heteroatoms. The smallest absolute Gasteiger partial charge is 0.322 e. The normalized spacial score (nSPS) is 12.8. The molecule has 0 spiro atoms. The molecule has 2 N–H and O–H groups in total. The highest BCUT2D eigenvalue weighted by Crippen LogP contribution is 2.36. The lowest BCUT2D eigenvalue weighted by Crippen LogP contribution is -2.45. The molecule has 0 saturated carbocycles. The monoisotopic (exact) mass is 517 g/mol. The maximum Gasteiger partial charge on any atom is 0.330 e. The minimum absolute atomic E-state index is 0.0562. The van der Waals surface area contributed by atoms with Gasteiger partial charge in [-0.25, -0.2) is 19.7 Å². The second-order valence-electron chi connectivity index (χ2n) is 8.38. The number of nitrogens with one attached hydrogen (secondary N) is 2. The number of benzene rings is 1. The molecule has 192 valence electrons. The zero-order chi connectivity index (χ0) is 26.8. The van der Waals surface area contributed by atoms with Crippen LogP contribution < -0.4 is 15.5 Å². The van der Waals surface area contributed by atoms with E-state index in [1.165, 1.54) is 39.1 Å². The SMILES string of the molecule is C=CC(=O)Nc1cccc(N2C(=O)N(Cc3ccc(F)nc3)Cc3cnc(Nc4cn(C)nc4F)nc32)c1. The Bertz CT molecular complexity index is 1540. The molecule has 3 aromatic heterocycles. The standard InChI is InChI=1S/C25H21F2N9O2/c1-3-21(37)30-17-5-4-6-18(9-17)36-23-16(11-29-24(32-23)31-19-14-34(2)33-22(19)27)13-35(25(36)38)12-15-7-8-20(26)28-10-15/h3-11,14H,1,12-13H2,2H3,(H,30,37)(H,29,31,32). The summed E-state index contributed by atoms with van der Waals surface area (Å²) in [5.41, 5.74) is 2.16. The van der Waals surface area contributed by atoms with Crippen LogP contribution in [0.1, 0.15) is 11.1 Å². The van der Waals surface area contributed by atoms with Gasteiger partial charge in [-0.2, -0.15) is 13.8 Å². The number of urea groups is 1. The van der Waals surface area contributed by atoms with E-state index in [0.717, 1.165) is 6.08 Å². The molecule has 0 atom stereocenters. The number of rotatable bonds is 7. The van der Waals surface area contributed by atoms with Gasteiger partial charge >= 0.3 is 6.03 Å². The first-order valence-corrected chi connectivity index (χ1v) is 11.4. The Balaban J connectivity index is 1.54. The molecule has 38 heavy (non-hydrogen) atoms. The molecular formula is C25H21F2N9O2. The largest absolute Gasteiger partial charge is 0.330 e. The number of halogens is 2. The lowest BCUT2D eigenvalue weighted by Gasteiger charge is -2.36. The number of amides is 3. The van der Waals surface area contributed by atoms with Crippen molar-refractivity contribution in [3.8, 4) is 0 Å². The molecule has 0 bridgehead atoms. The highest BCUT2D eigenvalue weighted by atomic mass is 19.1. The molecular weight excluding hydrogens is 496 g/mol. The van der Waals surface area contributed by atoms with Crippen LogP contribution in [0.2, 0.25) is 0 Å². The van der Waals surface area contributed by atoms with E-state index in [-0.39, 0.29) is 30.5 Å². The topological polar surface area (TPSA) is 121 Å². The zero-order valence-electron chi connectivity index (χ0n) is 20.1. The van der Waals surface area contributed by atoms with Gasteiger partial charge in [-0.05, 0) is 35.9 Å². The van der Waals surface area contributed by atoms with Crippen LogP contribution in [0.5, 0.6) is 0 Å².